The summed E-state index contributed by atoms with van der Waals surface area (Å²) in [6, 6.07) is 4.67. The second-order valence-electron chi connectivity index (χ2n) is 7.23. The molecule has 8 nitrogen and oxygen atoms in total. The van der Waals surface area contributed by atoms with E-state index in [9.17, 15) is 13.2 Å². The lowest BCUT2D eigenvalue weighted by molar-refractivity contribution is 0.103. The largest absolute Gasteiger partial charge is 0.492 e. The highest BCUT2D eigenvalue weighted by atomic mass is 32.2. The number of nitrogens with one attached hydrogen (secondary N) is 1. The van der Waals surface area contributed by atoms with Crippen molar-refractivity contribution >= 4 is 43.2 Å². The number of aromatic nitrogens is 2. The van der Waals surface area contributed by atoms with Crippen LogP contribution in [0.4, 0.5) is 5.69 Å². The number of carbonyl (C=O) groups excluding carboxylic acids is 1. The number of thiophene rings is 1. The van der Waals surface area contributed by atoms with Gasteiger partial charge in [0.1, 0.15) is 21.3 Å². The molecule has 0 aliphatic carbocycles. The number of hydrogen-bond acceptors (Lipinski definition) is 7. The van der Waals surface area contributed by atoms with Crippen molar-refractivity contribution in [2.45, 2.75) is 46.4 Å². The van der Waals surface area contributed by atoms with Crippen molar-refractivity contribution in [2.75, 3.05) is 25.0 Å². The molecule has 0 saturated heterocycles. The van der Waals surface area contributed by atoms with Gasteiger partial charge in [-0.2, -0.15) is 4.31 Å². The van der Waals surface area contributed by atoms with Crippen LogP contribution < -0.4 is 10.1 Å². The van der Waals surface area contributed by atoms with Crippen LogP contribution in [0.1, 0.15) is 47.5 Å². The molecule has 1 N–H and O–H groups in total. The molecule has 2 heterocycles. The maximum absolute atomic E-state index is 13.2. The zero-order chi connectivity index (χ0) is 23.6. The molecule has 0 radical (unpaired) electrons. The Bertz CT molecular complexity index is 1260. The number of rotatable bonds is 8. The lowest BCUT2D eigenvalue weighted by Gasteiger charge is -2.21. The second kappa shape index (κ2) is 9.51. The van der Waals surface area contributed by atoms with Crippen molar-refractivity contribution in [3.8, 4) is 5.75 Å². The first-order valence-electron chi connectivity index (χ1n) is 10.5. The molecule has 32 heavy (non-hydrogen) atoms. The summed E-state index contributed by atoms with van der Waals surface area (Å²) in [6.07, 6.45) is 0. The fourth-order valence-corrected chi connectivity index (χ4v) is 6.43. The quantitative estimate of drug-likeness (QED) is 0.520. The Morgan fingerprint density at radius 2 is 1.81 bits per heavy atom. The highest BCUT2D eigenvalue weighted by Gasteiger charge is 2.27. The smallest absolute Gasteiger partial charge is 0.266 e. The average Bonchev–Trinajstić information content (AvgIpc) is 3.06. The maximum Gasteiger partial charge on any atom is 0.266 e. The van der Waals surface area contributed by atoms with Gasteiger partial charge in [-0.1, -0.05) is 13.8 Å². The summed E-state index contributed by atoms with van der Waals surface area (Å²) in [4.78, 5) is 23.2. The lowest BCUT2D eigenvalue weighted by atomic mass is 10.1. The Labute approximate surface area is 192 Å². The standard InChI is InChI=1S/C22H28N4O4S2/c1-7-26(8-2)32(28,29)18-12-16(10-11-17(18)30-9-3)25-21(27)20-13(4)19-14(5)23-15(6)24-22(19)31-20/h10-12H,7-9H2,1-6H3,(H,25,27). The predicted molar refractivity (Wildman–Crippen MR) is 127 cm³/mol. The molecule has 0 saturated carbocycles. The van der Waals surface area contributed by atoms with Crippen LogP contribution in [0.2, 0.25) is 0 Å². The number of nitrogens with zero attached hydrogens (tertiary/aromatic N) is 3. The van der Waals surface area contributed by atoms with Crippen molar-refractivity contribution in [1.29, 1.82) is 0 Å². The van der Waals surface area contributed by atoms with Gasteiger partial charge in [0.25, 0.3) is 5.91 Å². The van der Waals surface area contributed by atoms with Crippen molar-refractivity contribution < 1.29 is 17.9 Å². The topological polar surface area (TPSA) is 101 Å². The van der Waals surface area contributed by atoms with E-state index in [0.717, 1.165) is 21.5 Å². The third-order valence-corrected chi connectivity index (χ3v) is 8.37. The van der Waals surface area contributed by atoms with Crippen LogP contribution in [0.3, 0.4) is 0 Å². The maximum atomic E-state index is 13.2. The third kappa shape index (κ3) is 4.48. The van der Waals surface area contributed by atoms with Gasteiger partial charge in [0.05, 0.1) is 11.5 Å². The number of ether oxygens (including phenoxy) is 1. The molecule has 0 unspecified atom stereocenters. The van der Waals surface area contributed by atoms with E-state index in [1.807, 2.05) is 20.8 Å². The number of carbonyl (C=O) groups is 1. The number of anilines is 1. The van der Waals surface area contributed by atoms with E-state index in [1.54, 1.807) is 32.9 Å². The number of benzene rings is 1. The first-order chi connectivity index (χ1) is 15.1. The molecule has 3 rings (SSSR count). The molecule has 0 bridgehead atoms. The number of sulfonamides is 1. The molecular formula is C22H28N4O4S2. The molecule has 1 aromatic carbocycles. The monoisotopic (exact) mass is 476 g/mol. The van der Waals surface area contributed by atoms with Crippen LogP contribution in [-0.2, 0) is 10.0 Å². The van der Waals surface area contributed by atoms with Crippen LogP contribution >= 0.6 is 11.3 Å². The number of amides is 1. The van der Waals surface area contributed by atoms with Crippen molar-refractivity contribution in [3.05, 3.63) is 40.2 Å². The SMILES string of the molecule is CCOc1ccc(NC(=O)c2sc3nc(C)nc(C)c3c2C)cc1S(=O)(=O)N(CC)CC. The first-order valence-corrected chi connectivity index (χ1v) is 12.7. The summed E-state index contributed by atoms with van der Waals surface area (Å²) in [5, 5.41) is 3.71. The molecule has 0 aliphatic heterocycles. The van der Waals surface area contributed by atoms with E-state index in [0.29, 0.717) is 36.1 Å². The van der Waals surface area contributed by atoms with E-state index < -0.39 is 10.0 Å². The minimum Gasteiger partial charge on any atom is -0.492 e. The highest BCUT2D eigenvalue weighted by molar-refractivity contribution is 7.89. The highest BCUT2D eigenvalue weighted by Crippen LogP contribution is 2.33. The van der Waals surface area contributed by atoms with Gasteiger partial charge >= 0.3 is 0 Å². The summed E-state index contributed by atoms with van der Waals surface area (Å²) in [7, 11) is -3.77. The van der Waals surface area contributed by atoms with Gasteiger partial charge in [-0.05, 0) is 51.5 Å². The lowest BCUT2D eigenvalue weighted by Crippen LogP contribution is -2.31. The van der Waals surface area contributed by atoms with Gasteiger partial charge in [-0.3, -0.25) is 4.79 Å². The molecule has 10 heteroatoms. The fraction of sp³-hybridized carbons (Fsp3) is 0.409. The molecular weight excluding hydrogens is 448 g/mol. The van der Waals surface area contributed by atoms with Crippen LogP contribution in [0, 0.1) is 20.8 Å². The van der Waals surface area contributed by atoms with Crippen molar-refractivity contribution in [2.24, 2.45) is 0 Å². The predicted octanol–water partition coefficient (Wildman–Crippen LogP) is 4.30. The molecule has 0 fully saturated rings. The summed E-state index contributed by atoms with van der Waals surface area (Å²) >= 11 is 1.30. The van der Waals surface area contributed by atoms with Gasteiger partial charge < -0.3 is 10.1 Å². The van der Waals surface area contributed by atoms with Gasteiger partial charge in [-0.15, -0.1) is 11.3 Å². The molecule has 0 aliphatic rings. The number of hydrogen-bond donors (Lipinski definition) is 1. The minimum atomic E-state index is -3.77. The Hall–Kier alpha value is -2.56. The normalized spacial score (nSPS) is 11.8. The second-order valence-corrected chi connectivity index (χ2v) is 10.1. The van der Waals surface area contributed by atoms with Crippen LogP contribution in [-0.4, -0.2) is 48.3 Å². The molecule has 2 aromatic heterocycles. The van der Waals surface area contributed by atoms with Crippen LogP contribution in [0.15, 0.2) is 23.1 Å². The zero-order valence-corrected chi connectivity index (χ0v) is 20.8. The van der Waals surface area contributed by atoms with Gasteiger partial charge in [0.2, 0.25) is 10.0 Å². The van der Waals surface area contributed by atoms with Gasteiger partial charge in [0, 0.05) is 29.9 Å². The molecule has 172 valence electrons. The van der Waals surface area contributed by atoms with Gasteiger partial charge in [-0.25, -0.2) is 18.4 Å². The fourth-order valence-electron chi connectivity index (χ4n) is 3.64. The number of aryl methyl sites for hydroxylation is 3. The van der Waals surface area contributed by atoms with Crippen LogP contribution in [0.5, 0.6) is 5.75 Å². The van der Waals surface area contributed by atoms with E-state index in [-0.39, 0.29) is 16.6 Å². The van der Waals surface area contributed by atoms with Crippen LogP contribution in [0.25, 0.3) is 10.2 Å². The Balaban J connectivity index is 2.01. The number of fused-ring (bicyclic) bond motifs is 1. The summed E-state index contributed by atoms with van der Waals surface area (Å²) in [5.74, 6) is 0.593. The minimum absolute atomic E-state index is 0.0336. The summed E-state index contributed by atoms with van der Waals surface area (Å²) in [6.45, 7) is 11.9. The average molecular weight is 477 g/mol. The van der Waals surface area contributed by atoms with Crippen molar-refractivity contribution in [1.82, 2.24) is 14.3 Å². The van der Waals surface area contributed by atoms with Crippen molar-refractivity contribution in [3.63, 3.8) is 0 Å². The third-order valence-electron chi connectivity index (χ3n) is 5.11. The molecule has 1 amide bonds. The summed E-state index contributed by atoms with van der Waals surface area (Å²) in [5.41, 5.74) is 2.01. The van der Waals surface area contributed by atoms with E-state index in [1.165, 1.54) is 21.7 Å². The Morgan fingerprint density at radius 1 is 1.12 bits per heavy atom. The Morgan fingerprint density at radius 3 is 2.44 bits per heavy atom. The van der Waals surface area contributed by atoms with Gasteiger partial charge in [0.15, 0.2) is 0 Å². The van der Waals surface area contributed by atoms with E-state index in [2.05, 4.69) is 15.3 Å². The molecule has 0 atom stereocenters. The van der Waals surface area contributed by atoms with E-state index in [4.69, 9.17) is 4.74 Å². The zero-order valence-electron chi connectivity index (χ0n) is 19.1. The van der Waals surface area contributed by atoms with E-state index >= 15 is 0 Å². The molecule has 3 aromatic rings. The Kier molecular flexibility index (Phi) is 7.16. The molecule has 0 spiro atoms. The first kappa shape index (κ1) is 24.1. The summed E-state index contributed by atoms with van der Waals surface area (Å²) < 4.78 is 33.2.